The quantitative estimate of drug-likeness (QED) is 0.162. The Morgan fingerprint density at radius 2 is 1.19 bits per heavy atom. The molecular formula is C40H70O3. The molecule has 3 heteroatoms. The lowest BCUT2D eigenvalue weighted by Crippen LogP contribution is -2.46. The maximum Gasteiger partial charge on any atom is 0.119 e. The molecule has 2 aliphatic carbocycles. The Kier molecular flexibility index (Phi) is 15.9. The van der Waals surface area contributed by atoms with Gasteiger partial charge in [0.1, 0.15) is 5.75 Å². The van der Waals surface area contributed by atoms with Gasteiger partial charge in [-0.3, -0.25) is 0 Å². The number of hydrogen-bond acceptors (Lipinski definition) is 3. The largest absolute Gasteiger partial charge is 0.508 e. The number of aromatic hydroxyl groups is 1. The van der Waals surface area contributed by atoms with Gasteiger partial charge in [-0.05, 0) is 101 Å². The van der Waals surface area contributed by atoms with Gasteiger partial charge < -0.3 is 14.6 Å². The van der Waals surface area contributed by atoms with E-state index in [0.717, 1.165) is 18.4 Å². The molecule has 248 valence electrons. The normalized spacial score (nSPS) is 27.7. The minimum Gasteiger partial charge on any atom is -0.508 e. The van der Waals surface area contributed by atoms with E-state index in [1.54, 1.807) is 0 Å². The summed E-state index contributed by atoms with van der Waals surface area (Å²) in [5.74, 6) is 1.78. The zero-order valence-electron chi connectivity index (χ0n) is 29.4. The fraction of sp³-hybridized carbons (Fsp3) is 0.850. The number of benzene rings is 1. The van der Waals surface area contributed by atoms with Gasteiger partial charge in [0.2, 0.25) is 0 Å². The third-order valence-electron chi connectivity index (χ3n) is 11.1. The van der Waals surface area contributed by atoms with Crippen molar-refractivity contribution in [2.75, 3.05) is 0 Å². The summed E-state index contributed by atoms with van der Waals surface area (Å²) >= 11 is 0. The number of rotatable bonds is 20. The molecule has 2 aliphatic rings. The molecule has 0 aromatic heterocycles. The van der Waals surface area contributed by atoms with Gasteiger partial charge in [-0.2, -0.15) is 0 Å². The van der Waals surface area contributed by atoms with E-state index in [4.69, 9.17) is 9.47 Å². The molecule has 6 unspecified atom stereocenters. The molecule has 1 N–H and O–H groups in total. The topological polar surface area (TPSA) is 38.7 Å². The van der Waals surface area contributed by atoms with Crippen LogP contribution in [0, 0.1) is 11.8 Å². The molecule has 1 aromatic carbocycles. The monoisotopic (exact) mass is 599 g/mol. The van der Waals surface area contributed by atoms with Gasteiger partial charge in [-0.15, -0.1) is 0 Å². The summed E-state index contributed by atoms with van der Waals surface area (Å²) in [5, 5.41) is 11.2. The molecule has 2 saturated carbocycles. The van der Waals surface area contributed by atoms with Crippen LogP contribution in [0.15, 0.2) is 18.2 Å². The van der Waals surface area contributed by atoms with Crippen molar-refractivity contribution >= 4 is 0 Å². The average Bonchev–Trinajstić information content (AvgIpc) is 3.00. The summed E-state index contributed by atoms with van der Waals surface area (Å²) in [5.41, 5.74) is 2.34. The van der Waals surface area contributed by atoms with Crippen LogP contribution in [-0.4, -0.2) is 28.5 Å². The first-order chi connectivity index (χ1) is 20.8. The van der Waals surface area contributed by atoms with Crippen LogP contribution in [0.25, 0.3) is 0 Å². The Morgan fingerprint density at radius 1 is 0.698 bits per heavy atom. The number of unbranched alkanes of at least 4 members (excludes halogenated alkanes) is 4. The predicted molar refractivity (Wildman–Crippen MR) is 184 cm³/mol. The standard InChI is InChI=1S/C40H70O3/c1-7-11-21-35-23-15-17-28-39(35,26-13-9-3)42-32(5)30-34-20-19-25-38(41)37(34)31-33(6)43-40(27-14-10-4)29-18-16-24-36(40)22-12-8-2/h19-20,25,32-33,35-36,41H,7-18,21-24,26-31H2,1-6H3. The van der Waals surface area contributed by atoms with Crippen LogP contribution in [0.3, 0.4) is 0 Å². The first-order valence-electron chi connectivity index (χ1n) is 19.0. The molecular weight excluding hydrogens is 528 g/mol. The van der Waals surface area contributed by atoms with Crippen LogP contribution in [-0.2, 0) is 22.3 Å². The van der Waals surface area contributed by atoms with E-state index < -0.39 is 0 Å². The van der Waals surface area contributed by atoms with Crippen molar-refractivity contribution < 1.29 is 14.6 Å². The van der Waals surface area contributed by atoms with Gasteiger partial charge >= 0.3 is 0 Å². The second kappa shape index (κ2) is 18.8. The number of phenols is 1. The average molecular weight is 599 g/mol. The van der Waals surface area contributed by atoms with E-state index in [9.17, 15) is 5.11 Å². The maximum absolute atomic E-state index is 11.2. The van der Waals surface area contributed by atoms with Crippen molar-refractivity contribution in [1.29, 1.82) is 0 Å². The molecule has 0 bridgehead atoms. The van der Waals surface area contributed by atoms with Crippen molar-refractivity contribution in [2.24, 2.45) is 11.8 Å². The van der Waals surface area contributed by atoms with Crippen LogP contribution in [0.1, 0.15) is 181 Å². The smallest absolute Gasteiger partial charge is 0.119 e. The van der Waals surface area contributed by atoms with E-state index in [0.29, 0.717) is 17.6 Å². The molecule has 0 saturated heterocycles. The molecule has 1 aromatic rings. The van der Waals surface area contributed by atoms with Crippen molar-refractivity contribution in [3.8, 4) is 5.75 Å². The van der Waals surface area contributed by atoms with Gasteiger partial charge in [0.15, 0.2) is 0 Å². The zero-order chi connectivity index (χ0) is 31.1. The number of hydrogen-bond donors (Lipinski definition) is 1. The Labute approximate surface area is 267 Å². The van der Waals surface area contributed by atoms with Crippen LogP contribution in [0.4, 0.5) is 0 Å². The second-order valence-electron chi connectivity index (χ2n) is 14.7. The Bertz CT molecular complexity index is 898. The highest BCUT2D eigenvalue weighted by Gasteiger charge is 2.43. The Hall–Kier alpha value is -1.06. The van der Waals surface area contributed by atoms with Gasteiger partial charge in [0.05, 0.1) is 23.4 Å². The molecule has 0 aliphatic heterocycles. The van der Waals surface area contributed by atoms with Crippen molar-refractivity contribution in [2.45, 2.75) is 206 Å². The summed E-state index contributed by atoms with van der Waals surface area (Å²) in [6.07, 6.45) is 27.2. The lowest BCUT2D eigenvalue weighted by molar-refractivity contribution is -0.149. The molecule has 0 heterocycles. The van der Waals surface area contributed by atoms with Crippen molar-refractivity contribution in [1.82, 2.24) is 0 Å². The Morgan fingerprint density at radius 3 is 1.67 bits per heavy atom. The highest BCUT2D eigenvalue weighted by molar-refractivity contribution is 5.40. The molecule has 43 heavy (non-hydrogen) atoms. The molecule has 0 amide bonds. The van der Waals surface area contributed by atoms with E-state index in [1.165, 1.54) is 134 Å². The van der Waals surface area contributed by atoms with E-state index in [-0.39, 0.29) is 23.4 Å². The van der Waals surface area contributed by atoms with Gasteiger partial charge in [0.25, 0.3) is 0 Å². The summed E-state index contributed by atoms with van der Waals surface area (Å²) in [6, 6.07) is 6.13. The molecule has 3 nitrogen and oxygen atoms in total. The van der Waals surface area contributed by atoms with Crippen molar-refractivity contribution in [3.05, 3.63) is 29.3 Å². The van der Waals surface area contributed by atoms with Crippen LogP contribution in [0.2, 0.25) is 0 Å². The van der Waals surface area contributed by atoms with Crippen LogP contribution >= 0.6 is 0 Å². The highest BCUT2D eigenvalue weighted by atomic mass is 16.5. The van der Waals surface area contributed by atoms with E-state index in [1.807, 2.05) is 12.1 Å². The van der Waals surface area contributed by atoms with E-state index >= 15 is 0 Å². The minimum absolute atomic E-state index is 0.00392. The lowest BCUT2D eigenvalue weighted by Gasteiger charge is -2.46. The SMILES string of the molecule is CCCCC1CCCCC1(CCCC)OC(C)Cc1cccc(O)c1CC(C)OC1(CCCC)CCCCC1CCCC. The summed E-state index contributed by atoms with van der Waals surface area (Å²) in [7, 11) is 0. The summed E-state index contributed by atoms with van der Waals surface area (Å²) < 4.78 is 14.4. The maximum atomic E-state index is 11.2. The molecule has 6 atom stereocenters. The fourth-order valence-electron chi connectivity index (χ4n) is 8.85. The Balaban J connectivity index is 1.77. The first-order valence-corrected chi connectivity index (χ1v) is 19.0. The third kappa shape index (κ3) is 10.5. The molecule has 0 spiro atoms. The van der Waals surface area contributed by atoms with Gasteiger partial charge in [-0.25, -0.2) is 0 Å². The molecule has 2 fully saturated rings. The lowest BCUT2D eigenvalue weighted by atomic mass is 9.70. The number of phenolic OH excluding ortho intramolecular Hbond substituents is 1. The highest BCUT2D eigenvalue weighted by Crippen LogP contribution is 2.46. The van der Waals surface area contributed by atoms with Gasteiger partial charge in [0, 0.05) is 6.42 Å². The number of ether oxygens (including phenoxy) is 2. The van der Waals surface area contributed by atoms with Gasteiger partial charge in [-0.1, -0.05) is 117 Å². The predicted octanol–water partition coefficient (Wildman–Crippen LogP) is 11.9. The summed E-state index contributed by atoms with van der Waals surface area (Å²) in [4.78, 5) is 0. The van der Waals surface area contributed by atoms with E-state index in [2.05, 4.69) is 47.6 Å². The first kappa shape index (κ1) is 36.4. The summed E-state index contributed by atoms with van der Waals surface area (Å²) in [6.45, 7) is 13.8. The minimum atomic E-state index is 0.00392. The molecule has 0 radical (unpaired) electrons. The van der Waals surface area contributed by atoms with Crippen LogP contribution in [0.5, 0.6) is 5.75 Å². The zero-order valence-corrected chi connectivity index (χ0v) is 29.4. The fourth-order valence-corrected chi connectivity index (χ4v) is 8.85. The third-order valence-corrected chi connectivity index (χ3v) is 11.1. The molecule has 3 rings (SSSR count). The van der Waals surface area contributed by atoms with Crippen molar-refractivity contribution in [3.63, 3.8) is 0 Å². The van der Waals surface area contributed by atoms with Crippen LogP contribution < -0.4 is 0 Å². The second-order valence-corrected chi connectivity index (χ2v) is 14.7.